The van der Waals surface area contributed by atoms with Crippen LogP contribution < -0.4 is 4.72 Å². The van der Waals surface area contributed by atoms with Gasteiger partial charge in [-0.1, -0.05) is 12.1 Å². The summed E-state index contributed by atoms with van der Waals surface area (Å²) in [4.78, 5) is 18.3. The normalized spacial score (nSPS) is 16.4. The standard InChI is InChI=1S/C20H27N3O4S/c1-14-12-15-6-5-7-17(18(15)21-13-14)28(25,26)22-16-8-10-23(11-9-16)19(24)27-20(2,3)4/h5-7,12-13,16,22H,8-11H2,1-4H3. The zero-order valence-corrected chi connectivity index (χ0v) is 17.5. The summed E-state index contributed by atoms with van der Waals surface area (Å²) in [7, 11) is -3.71. The molecule has 0 bridgehead atoms. The zero-order chi connectivity index (χ0) is 20.5. The lowest BCUT2D eigenvalue weighted by molar-refractivity contribution is 0.0203. The van der Waals surface area contributed by atoms with Crippen LogP contribution in [-0.4, -0.2) is 49.1 Å². The van der Waals surface area contributed by atoms with Crippen LogP contribution in [0.2, 0.25) is 0 Å². The van der Waals surface area contributed by atoms with Gasteiger partial charge in [0.2, 0.25) is 10.0 Å². The van der Waals surface area contributed by atoms with Gasteiger partial charge in [-0.3, -0.25) is 4.98 Å². The Labute approximate surface area is 166 Å². The lowest BCUT2D eigenvalue weighted by Gasteiger charge is -2.33. The molecule has 152 valence electrons. The number of nitrogens with zero attached hydrogens (tertiary/aromatic N) is 2. The van der Waals surface area contributed by atoms with Crippen LogP contribution in [0.4, 0.5) is 4.79 Å². The predicted molar refractivity (Wildman–Crippen MR) is 108 cm³/mol. The van der Waals surface area contributed by atoms with Gasteiger partial charge in [0.1, 0.15) is 10.5 Å². The summed E-state index contributed by atoms with van der Waals surface area (Å²) in [5.74, 6) is 0. The van der Waals surface area contributed by atoms with Gasteiger partial charge in [0, 0.05) is 30.7 Å². The van der Waals surface area contributed by atoms with E-state index in [2.05, 4.69) is 9.71 Å². The maximum Gasteiger partial charge on any atom is 0.410 e. The number of hydrogen-bond acceptors (Lipinski definition) is 5. The summed E-state index contributed by atoms with van der Waals surface area (Å²) in [6.07, 6.45) is 2.38. The number of fused-ring (bicyclic) bond motifs is 1. The van der Waals surface area contributed by atoms with E-state index in [1.807, 2.05) is 39.8 Å². The summed E-state index contributed by atoms with van der Waals surface area (Å²) < 4.78 is 34.1. The Hall–Kier alpha value is -2.19. The number of nitrogens with one attached hydrogen (secondary N) is 1. The van der Waals surface area contributed by atoms with Crippen LogP contribution in [0.25, 0.3) is 10.9 Å². The molecule has 7 nitrogen and oxygen atoms in total. The molecule has 3 rings (SSSR count). The number of para-hydroxylation sites is 1. The smallest absolute Gasteiger partial charge is 0.410 e. The van der Waals surface area contributed by atoms with Crippen molar-refractivity contribution in [1.29, 1.82) is 0 Å². The molecule has 0 spiro atoms. The Morgan fingerprint density at radius 3 is 2.57 bits per heavy atom. The van der Waals surface area contributed by atoms with Crippen LogP contribution >= 0.6 is 0 Å². The number of pyridine rings is 1. The molecular weight excluding hydrogens is 378 g/mol. The number of aryl methyl sites for hydroxylation is 1. The number of aromatic nitrogens is 1. The van der Waals surface area contributed by atoms with Crippen LogP contribution in [0.3, 0.4) is 0 Å². The first-order valence-corrected chi connectivity index (χ1v) is 10.9. The Kier molecular flexibility index (Phi) is 5.63. The van der Waals surface area contributed by atoms with Crippen molar-refractivity contribution in [2.45, 2.75) is 57.1 Å². The second-order valence-corrected chi connectivity index (χ2v) is 9.89. The maximum atomic E-state index is 12.9. The molecule has 1 aromatic heterocycles. The molecule has 1 saturated heterocycles. The van der Waals surface area contributed by atoms with Gasteiger partial charge in [0.15, 0.2) is 0 Å². The van der Waals surface area contributed by atoms with Crippen molar-refractivity contribution in [2.24, 2.45) is 0 Å². The molecule has 0 aliphatic carbocycles. The summed E-state index contributed by atoms with van der Waals surface area (Å²) >= 11 is 0. The fourth-order valence-electron chi connectivity index (χ4n) is 3.25. The maximum absolute atomic E-state index is 12.9. The fraction of sp³-hybridized carbons (Fsp3) is 0.500. The first-order chi connectivity index (χ1) is 13.0. The molecule has 1 amide bonds. The lowest BCUT2D eigenvalue weighted by Crippen LogP contribution is -2.47. The highest BCUT2D eigenvalue weighted by Crippen LogP contribution is 2.23. The molecule has 2 heterocycles. The van der Waals surface area contributed by atoms with E-state index in [0.717, 1.165) is 10.9 Å². The number of hydrogen-bond donors (Lipinski definition) is 1. The molecule has 0 saturated carbocycles. The Bertz CT molecular complexity index is 975. The highest BCUT2D eigenvalue weighted by Gasteiger charge is 2.29. The Morgan fingerprint density at radius 1 is 1.25 bits per heavy atom. The Balaban J connectivity index is 1.69. The van der Waals surface area contributed by atoms with E-state index in [1.54, 1.807) is 23.2 Å². The molecular formula is C20H27N3O4S. The molecule has 0 unspecified atom stereocenters. The molecule has 0 atom stereocenters. The minimum absolute atomic E-state index is 0.180. The summed E-state index contributed by atoms with van der Waals surface area (Å²) in [5, 5.41) is 0.794. The topological polar surface area (TPSA) is 88.6 Å². The molecule has 1 N–H and O–H groups in total. The van der Waals surface area contributed by atoms with E-state index in [0.29, 0.717) is 31.4 Å². The molecule has 1 aromatic carbocycles. The van der Waals surface area contributed by atoms with Crippen molar-refractivity contribution in [3.05, 3.63) is 36.0 Å². The van der Waals surface area contributed by atoms with Gasteiger partial charge < -0.3 is 9.64 Å². The molecule has 0 radical (unpaired) electrons. The van der Waals surface area contributed by atoms with Gasteiger partial charge in [-0.2, -0.15) is 0 Å². The highest BCUT2D eigenvalue weighted by atomic mass is 32.2. The van der Waals surface area contributed by atoms with Gasteiger partial charge in [-0.25, -0.2) is 17.9 Å². The van der Waals surface area contributed by atoms with Crippen LogP contribution in [0.5, 0.6) is 0 Å². The van der Waals surface area contributed by atoms with E-state index in [9.17, 15) is 13.2 Å². The molecule has 1 fully saturated rings. The van der Waals surface area contributed by atoms with E-state index < -0.39 is 15.6 Å². The molecule has 1 aliphatic rings. The highest BCUT2D eigenvalue weighted by molar-refractivity contribution is 7.89. The third-order valence-electron chi connectivity index (χ3n) is 4.57. The van der Waals surface area contributed by atoms with Crippen molar-refractivity contribution < 1.29 is 17.9 Å². The predicted octanol–water partition coefficient (Wildman–Crippen LogP) is 3.22. The van der Waals surface area contributed by atoms with Crippen LogP contribution in [0, 0.1) is 6.92 Å². The fourth-order valence-corrected chi connectivity index (χ4v) is 4.73. The van der Waals surface area contributed by atoms with Crippen molar-refractivity contribution in [2.75, 3.05) is 13.1 Å². The molecule has 28 heavy (non-hydrogen) atoms. The minimum atomic E-state index is -3.71. The number of sulfonamides is 1. The van der Waals surface area contributed by atoms with E-state index in [-0.39, 0.29) is 17.0 Å². The second kappa shape index (κ2) is 7.67. The average Bonchev–Trinajstić information content (AvgIpc) is 2.59. The quantitative estimate of drug-likeness (QED) is 0.847. The number of amides is 1. The zero-order valence-electron chi connectivity index (χ0n) is 16.7. The molecule has 8 heteroatoms. The number of piperidine rings is 1. The van der Waals surface area contributed by atoms with Crippen molar-refractivity contribution in [3.63, 3.8) is 0 Å². The number of benzene rings is 1. The number of carbonyl (C=O) groups is 1. The monoisotopic (exact) mass is 405 g/mol. The van der Waals surface area contributed by atoms with Gasteiger partial charge in [-0.05, 0) is 58.2 Å². The summed E-state index contributed by atoms with van der Waals surface area (Å²) in [6, 6.07) is 6.84. The number of rotatable bonds is 3. The summed E-state index contributed by atoms with van der Waals surface area (Å²) in [6.45, 7) is 8.30. The van der Waals surface area contributed by atoms with Gasteiger partial charge >= 0.3 is 6.09 Å². The van der Waals surface area contributed by atoms with Crippen molar-refractivity contribution in [1.82, 2.24) is 14.6 Å². The van der Waals surface area contributed by atoms with Gasteiger partial charge in [-0.15, -0.1) is 0 Å². The van der Waals surface area contributed by atoms with E-state index in [1.165, 1.54) is 0 Å². The lowest BCUT2D eigenvalue weighted by atomic mass is 10.1. The van der Waals surface area contributed by atoms with Crippen LogP contribution in [0.1, 0.15) is 39.2 Å². The van der Waals surface area contributed by atoms with Crippen LogP contribution in [0.15, 0.2) is 35.4 Å². The van der Waals surface area contributed by atoms with Crippen LogP contribution in [-0.2, 0) is 14.8 Å². The van der Waals surface area contributed by atoms with E-state index in [4.69, 9.17) is 4.74 Å². The Morgan fingerprint density at radius 2 is 1.93 bits per heavy atom. The van der Waals surface area contributed by atoms with Gasteiger partial charge in [0.25, 0.3) is 0 Å². The summed E-state index contributed by atoms with van der Waals surface area (Å²) in [5.41, 5.74) is 0.895. The first kappa shape index (κ1) is 20.5. The number of carbonyl (C=O) groups excluding carboxylic acids is 1. The third kappa shape index (κ3) is 4.80. The van der Waals surface area contributed by atoms with Gasteiger partial charge in [0.05, 0.1) is 5.52 Å². The number of ether oxygens (including phenoxy) is 1. The number of likely N-dealkylation sites (tertiary alicyclic amines) is 1. The molecule has 2 aromatic rings. The van der Waals surface area contributed by atoms with E-state index >= 15 is 0 Å². The van der Waals surface area contributed by atoms with Crippen molar-refractivity contribution in [3.8, 4) is 0 Å². The average molecular weight is 406 g/mol. The SMILES string of the molecule is Cc1cnc2c(S(=O)(=O)NC3CCN(C(=O)OC(C)(C)C)CC3)cccc2c1. The minimum Gasteiger partial charge on any atom is -0.444 e. The largest absolute Gasteiger partial charge is 0.444 e. The third-order valence-corrected chi connectivity index (χ3v) is 6.12. The second-order valence-electron chi connectivity index (χ2n) is 8.20. The first-order valence-electron chi connectivity index (χ1n) is 9.41. The van der Waals surface area contributed by atoms with Crippen molar-refractivity contribution >= 4 is 27.0 Å². The molecule has 1 aliphatic heterocycles.